The van der Waals surface area contributed by atoms with Gasteiger partial charge in [0.2, 0.25) is 0 Å². The third-order valence-electron chi connectivity index (χ3n) is 3.22. The summed E-state index contributed by atoms with van der Waals surface area (Å²) >= 11 is 0. The van der Waals surface area contributed by atoms with E-state index in [1.54, 1.807) is 16.9 Å². The maximum absolute atomic E-state index is 4.13. The third-order valence-corrected chi connectivity index (χ3v) is 3.22. The molecule has 2 heterocycles. The Morgan fingerprint density at radius 3 is 3.00 bits per heavy atom. The van der Waals surface area contributed by atoms with E-state index in [0.717, 1.165) is 12.4 Å². The Kier molecular flexibility index (Phi) is 4.44. The lowest BCUT2D eigenvalue weighted by Gasteiger charge is -2.15. The van der Waals surface area contributed by atoms with Crippen LogP contribution >= 0.6 is 0 Å². The zero-order chi connectivity index (χ0) is 12.8. The van der Waals surface area contributed by atoms with Crippen molar-refractivity contribution in [2.75, 3.05) is 11.9 Å². The fraction of sp³-hybridized carbons (Fsp3) is 0.667. The smallest absolute Gasteiger partial charge is 0.199 e. The van der Waals surface area contributed by atoms with Crippen molar-refractivity contribution < 1.29 is 0 Å². The molecule has 1 unspecified atom stereocenters. The molecule has 0 aromatic carbocycles. The summed E-state index contributed by atoms with van der Waals surface area (Å²) in [6, 6.07) is 0. The van der Waals surface area contributed by atoms with Gasteiger partial charge in [-0.25, -0.2) is 0 Å². The fourth-order valence-electron chi connectivity index (χ4n) is 1.99. The highest BCUT2D eigenvalue weighted by Crippen LogP contribution is 2.14. The summed E-state index contributed by atoms with van der Waals surface area (Å²) in [5, 5.41) is 14.8. The maximum Gasteiger partial charge on any atom is 0.199 e. The van der Waals surface area contributed by atoms with Gasteiger partial charge in [-0.05, 0) is 22.8 Å². The van der Waals surface area contributed by atoms with E-state index in [1.807, 2.05) is 0 Å². The van der Waals surface area contributed by atoms with Gasteiger partial charge in [0.25, 0.3) is 0 Å². The number of nitrogens with zero attached hydrogens (tertiary/aromatic N) is 5. The molecule has 2 rings (SSSR count). The lowest BCUT2D eigenvalue weighted by atomic mass is 9.99. The van der Waals surface area contributed by atoms with Crippen LogP contribution in [0.15, 0.2) is 12.4 Å². The van der Waals surface area contributed by atoms with E-state index in [0.29, 0.717) is 11.6 Å². The zero-order valence-electron chi connectivity index (χ0n) is 11.0. The van der Waals surface area contributed by atoms with Gasteiger partial charge in [0, 0.05) is 6.54 Å². The topological polar surface area (TPSA) is 68.0 Å². The number of anilines is 1. The van der Waals surface area contributed by atoms with E-state index in [2.05, 4.69) is 39.7 Å². The molecule has 6 nitrogen and oxygen atoms in total. The number of hydrogen-bond acceptors (Lipinski definition) is 5. The van der Waals surface area contributed by atoms with Gasteiger partial charge in [0.05, 0.1) is 12.4 Å². The lowest BCUT2D eigenvalue weighted by Crippen LogP contribution is -2.16. The van der Waals surface area contributed by atoms with Crippen LogP contribution in [-0.4, -0.2) is 31.6 Å². The van der Waals surface area contributed by atoms with E-state index >= 15 is 0 Å². The molecule has 0 amide bonds. The van der Waals surface area contributed by atoms with Crippen LogP contribution in [0.25, 0.3) is 5.65 Å². The quantitative estimate of drug-likeness (QED) is 0.813. The Hall–Kier alpha value is -1.72. The van der Waals surface area contributed by atoms with Crippen LogP contribution in [0.2, 0.25) is 0 Å². The van der Waals surface area contributed by atoms with Crippen molar-refractivity contribution in [3.05, 3.63) is 12.4 Å². The molecule has 0 aliphatic rings. The second-order valence-corrected chi connectivity index (χ2v) is 4.54. The van der Waals surface area contributed by atoms with Crippen LogP contribution in [0.4, 0.5) is 5.82 Å². The molecule has 1 N–H and O–H groups in total. The Bertz CT molecular complexity index is 480. The molecule has 0 aliphatic carbocycles. The Balaban J connectivity index is 1.98. The Morgan fingerprint density at radius 1 is 1.33 bits per heavy atom. The number of aromatic nitrogens is 5. The molecule has 2 aromatic rings. The first-order valence-electron chi connectivity index (χ1n) is 6.61. The monoisotopic (exact) mass is 248 g/mol. The molecule has 0 saturated carbocycles. The number of hydrogen-bond donors (Lipinski definition) is 1. The van der Waals surface area contributed by atoms with Crippen LogP contribution in [-0.2, 0) is 0 Å². The average Bonchev–Trinajstić information content (AvgIpc) is 2.88. The Morgan fingerprint density at radius 2 is 2.22 bits per heavy atom. The van der Waals surface area contributed by atoms with Gasteiger partial charge in [0.1, 0.15) is 5.82 Å². The number of rotatable bonds is 7. The van der Waals surface area contributed by atoms with Gasteiger partial charge in [-0.1, -0.05) is 33.1 Å². The molecular weight excluding hydrogens is 228 g/mol. The third kappa shape index (κ3) is 2.94. The summed E-state index contributed by atoms with van der Waals surface area (Å²) in [5.74, 6) is 1.55. The standard InChI is InChI=1S/C12H20N6/c1-3-5-6-10(4-2)7-14-11-8-13-9-12-15-16-17-18(11)12/h8-10,14H,3-7H2,1-2H3. The van der Waals surface area contributed by atoms with Crippen molar-refractivity contribution in [1.82, 2.24) is 25.0 Å². The second-order valence-electron chi connectivity index (χ2n) is 4.54. The summed E-state index contributed by atoms with van der Waals surface area (Å²) in [6.07, 6.45) is 8.40. The minimum atomic E-state index is 0.668. The van der Waals surface area contributed by atoms with Crippen molar-refractivity contribution in [2.24, 2.45) is 5.92 Å². The molecule has 0 fully saturated rings. The molecule has 0 saturated heterocycles. The molecule has 98 valence electrons. The first-order valence-corrected chi connectivity index (χ1v) is 6.61. The summed E-state index contributed by atoms with van der Waals surface area (Å²) in [7, 11) is 0. The number of fused-ring (bicyclic) bond motifs is 1. The maximum atomic E-state index is 4.13. The molecule has 1 atom stereocenters. The molecule has 0 spiro atoms. The second kappa shape index (κ2) is 6.28. The van der Waals surface area contributed by atoms with Gasteiger partial charge < -0.3 is 5.32 Å². The van der Waals surface area contributed by atoms with E-state index in [1.165, 1.54) is 25.7 Å². The van der Waals surface area contributed by atoms with E-state index < -0.39 is 0 Å². The number of tetrazole rings is 1. The van der Waals surface area contributed by atoms with E-state index in [-0.39, 0.29) is 0 Å². The van der Waals surface area contributed by atoms with Gasteiger partial charge in [-0.2, -0.15) is 4.52 Å². The van der Waals surface area contributed by atoms with Crippen LogP contribution in [0.5, 0.6) is 0 Å². The summed E-state index contributed by atoms with van der Waals surface area (Å²) in [6.45, 7) is 5.40. The highest BCUT2D eigenvalue weighted by atomic mass is 15.5. The van der Waals surface area contributed by atoms with Crippen molar-refractivity contribution in [1.29, 1.82) is 0 Å². The highest BCUT2D eigenvalue weighted by Gasteiger charge is 2.08. The molecule has 2 aromatic heterocycles. The summed E-state index contributed by atoms with van der Waals surface area (Å²) < 4.78 is 1.68. The molecule has 0 aliphatic heterocycles. The van der Waals surface area contributed by atoms with Crippen LogP contribution in [0, 0.1) is 5.92 Å². The predicted octanol–water partition coefficient (Wildman–Crippen LogP) is 2.15. The van der Waals surface area contributed by atoms with Gasteiger partial charge in [-0.3, -0.25) is 4.98 Å². The molecule has 0 radical (unpaired) electrons. The first kappa shape index (κ1) is 12.7. The molecule has 6 heteroatoms. The van der Waals surface area contributed by atoms with Gasteiger partial charge >= 0.3 is 0 Å². The minimum Gasteiger partial charge on any atom is -0.368 e. The minimum absolute atomic E-state index is 0.668. The number of nitrogens with one attached hydrogen (secondary N) is 1. The zero-order valence-corrected chi connectivity index (χ0v) is 11.0. The summed E-state index contributed by atoms with van der Waals surface area (Å²) in [5.41, 5.74) is 0.668. The fourth-order valence-corrected chi connectivity index (χ4v) is 1.99. The number of unbranched alkanes of at least 4 members (excludes halogenated alkanes) is 1. The van der Waals surface area contributed by atoms with E-state index in [9.17, 15) is 0 Å². The van der Waals surface area contributed by atoms with Crippen LogP contribution < -0.4 is 5.32 Å². The molecule has 0 bridgehead atoms. The average molecular weight is 248 g/mol. The van der Waals surface area contributed by atoms with Gasteiger partial charge in [0.15, 0.2) is 5.65 Å². The predicted molar refractivity (Wildman–Crippen MR) is 70.4 cm³/mol. The SMILES string of the molecule is CCCCC(CC)CNc1cncc2nnnn12. The normalized spacial score (nSPS) is 12.8. The Labute approximate surface area is 107 Å². The van der Waals surface area contributed by atoms with Crippen molar-refractivity contribution >= 4 is 11.5 Å². The van der Waals surface area contributed by atoms with E-state index in [4.69, 9.17) is 0 Å². The molecule has 18 heavy (non-hydrogen) atoms. The largest absolute Gasteiger partial charge is 0.368 e. The highest BCUT2D eigenvalue weighted by molar-refractivity contribution is 5.43. The van der Waals surface area contributed by atoms with Crippen LogP contribution in [0.1, 0.15) is 39.5 Å². The van der Waals surface area contributed by atoms with Crippen molar-refractivity contribution in [3.8, 4) is 0 Å². The first-order chi connectivity index (χ1) is 8.85. The lowest BCUT2D eigenvalue weighted by molar-refractivity contribution is 0.472. The van der Waals surface area contributed by atoms with Gasteiger partial charge in [-0.15, -0.1) is 5.10 Å². The van der Waals surface area contributed by atoms with Crippen molar-refractivity contribution in [3.63, 3.8) is 0 Å². The summed E-state index contributed by atoms with van der Waals surface area (Å²) in [4.78, 5) is 4.13. The van der Waals surface area contributed by atoms with Crippen molar-refractivity contribution in [2.45, 2.75) is 39.5 Å². The van der Waals surface area contributed by atoms with Crippen LogP contribution in [0.3, 0.4) is 0 Å². The molecular formula is C12H20N6.